The maximum Gasteiger partial charge on any atom is 0.346 e. The van der Waals surface area contributed by atoms with Crippen molar-refractivity contribution in [2.24, 2.45) is 0 Å². The minimum Gasteiger partial charge on any atom is -0.479 e. The maximum absolute atomic E-state index is 13.4. The summed E-state index contributed by atoms with van der Waals surface area (Å²) in [5.41, 5.74) is -1.61. The minimum absolute atomic E-state index is 0.528. The smallest absolute Gasteiger partial charge is 0.346 e. The third-order valence-electron chi connectivity index (χ3n) is 1.92. The number of aliphatic carboxylic acids is 1. The lowest BCUT2D eigenvalue weighted by atomic mass is 10.2. The van der Waals surface area contributed by atoms with E-state index in [2.05, 4.69) is 4.74 Å². The number of nitro benzene ring substituents is 1. The number of rotatable bonds is 4. The zero-order valence-electron chi connectivity index (χ0n) is 8.57. The largest absolute Gasteiger partial charge is 0.479 e. The standard InChI is InChI=1S/C9H7F2NO5/c1-4-5(10)2-6(17-3-7(13)14)9(8(4)11)12(15)16/h2H,3H2,1H3,(H,13,14). The number of ether oxygens (including phenoxy) is 1. The van der Waals surface area contributed by atoms with Crippen LogP contribution in [0.4, 0.5) is 14.5 Å². The molecule has 1 aromatic rings. The lowest BCUT2D eigenvalue weighted by Gasteiger charge is -2.07. The lowest BCUT2D eigenvalue weighted by Crippen LogP contribution is -2.11. The highest BCUT2D eigenvalue weighted by atomic mass is 19.1. The molecule has 8 heteroatoms. The molecule has 0 amide bonds. The van der Waals surface area contributed by atoms with Crippen LogP contribution < -0.4 is 4.74 Å². The summed E-state index contributed by atoms with van der Waals surface area (Å²) in [4.78, 5) is 19.7. The molecule has 92 valence electrons. The predicted molar refractivity (Wildman–Crippen MR) is 50.9 cm³/mol. The number of nitrogens with zero attached hydrogens (tertiary/aromatic N) is 1. The van der Waals surface area contributed by atoms with Gasteiger partial charge in [0.05, 0.1) is 4.92 Å². The van der Waals surface area contributed by atoms with Crippen LogP contribution in [0.1, 0.15) is 5.56 Å². The van der Waals surface area contributed by atoms with Gasteiger partial charge in [-0.3, -0.25) is 10.1 Å². The maximum atomic E-state index is 13.4. The van der Waals surface area contributed by atoms with E-state index in [9.17, 15) is 23.7 Å². The molecule has 0 spiro atoms. The van der Waals surface area contributed by atoms with E-state index >= 15 is 0 Å². The van der Waals surface area contributed by atoms with Crippen molar-refractivity contribution in [3.8, 4) is 5.75 Å². The number of hydrogen-bond acceptors (Lipinski definition) is 4. The SMILES string of the molecule is Cc1c(F)cc(OCC(=O)O)c([N+](=O)[O-])c1F. The van der Waals surface area contributed by atoms with Gasteiger partial charge in [-0.15, -0.1) is 0 Å². The Balaban J connectivity index is 3.27. The molecule has 0 heterocycles. The van der Waals surface area contributed by atoms with Crippen LogP contribution >= 0.6 is 0 Å². The van der Waals surface area contributed by atoms with Crippen LogP contribution in [0.15, 0.2) is 6.07 Å². The fourth-order valence-corrected chi connectivity index (χ4v) is 1.10. The first-order valence-corrected chi connectivity index (χ1v) is 4.32. The van der Waals surface area contributed by atoms with E-state index in [0.29, 0.717) is 6.07 Å². The Kier molecular flexibility index (Phi) is 3.56. The second-order valence-corrected chi connectivity index (χ2v) is 3.08. The quantitative estimate of drug-likeness (QED) is 0.645. The Labute approximate surface area is 93.6 Å². The number of halogens is 2. The average Bonchev–Trinajstić information content (AvgIpc) is 2.22. The van der Waals surface area contributed by atoms with Gasteiger partial charge in [-0.2, -0.15) is 4.39 Å². The zero-order chi connectivity index (χ0) is 13.2. The molecule has 1 N–H and O–H groups in total. The summed E-state index contributed by atoms with van der Waals surface area (Å²) >= 11 is 0. The van der Waals surface area contributed by atoms with Crippen molar-refractivity contribution in [1.82, 2.24) is 0 Å². The summed E-state index contributed by atoms with van der Waals surface area (Å²) in [5, 5.41) is 18.9. The van der Waals surface area contributed by atoms with Crippen LogP contribution in [-0.4, -0.2) is 22.6 Å². The number of nitro groups is 1. The Morgan fingerprint density at radius 3 is 2.65 bits per heavy atom. The Morgan fingerprint density at radius 1 is 1.59 bits per heavy atom. The lowest BCUT2D eigenvalue weighted by molar-refractivity contribution is -0.388. The third kappa shape index (κ3) is 2.65. The Bertz CT molecular complexity index is 489. The average molecular weight is 247 g/mol. The summed E-state index contributed by atoms with van der Waals surface area (Å²) < 4.78 is 31.0. The van der Waals surface area contributed by atoms with Gasteiger partial charge in [-0.25, -0.2) is 9.18 Å². The molecule has 0 aliphatic rings. The molecule has 0 aromatic heterocycles. The van der Waals surface area contributed by atoms with Crippen LogP contribution in [0, 0.1) is 28.7 Å². The Hall–Kier alpha value is -2.25. The number of carbonyl (C=O) groups is 1. The molecule has 6 nitrogen and oxygen atoms in total. The first-order valence-electron chi connectivity index (χ1n) is 4.32. The van der Waals surface area contributed by atoms with Gasteiger partial charge in [0.2, 0.25) is 11.6 Å². The molecule has 0 saturated carbocycles. The number of carboxylic acid groups (broad SMARTS) is 1. The molecule has 0 aliphatic carbocycles. The summed E-state index contributed by atoms with van der Waals surface area (Å²) in [6.07, 6.45) is 0. The van der Waals surface area contributed by atoms with Gasteiger partial charge in [-0.05, 0) is 6.92 Å². The van der Waals surface area contributed by atoms with Gasteiger partial charge in [0.1, 0.15) is 5.82 Å². The van der Waals surface area contributed by atoms with Crippen molar-refractivity contribution >= 4 is 11.7 Å². The normalized spacial score (nSPS) is 10.1. The van der Waals surface area contributed by atoms with E-state index in [1.54, 1.807) is 0 Å². The van der Waals surface area contributed by atoms with Crippen LogP contribution in [0.5, 0.6) is 5.75 Å². The van der Waals surface area contributed by atoms with Crippen molar-refractivity contribution in [3.05, 3.63) is 33.4 Å². The summed E-state index contributed by atoms with van der Waals surface area (Å²) in [6, 6.07) is 0.583. The van der Waals surface area contributed by atoms with Crippen LogP contribution in [-0.2, 0) is 4.79 Å². The number of benzene rings is 1. The van der Waals surface area contributed by atoms with Crippen molar-refractivity contribution in [2.75, 3.05) is 6.61 Å². The fraction of sp³-hybridized carbons (Fsp3) is 0.222. The van der Waals surface area contributed by atoms with Crippen molar-refractivity contribution in [3.63, 3.8) is 0 Å². The van der Waals surface area contributed by atoms with E-state index in [1.165, 1.54) is 0 Å². The molecule has 17 heavy (non-hydrogen) atoms. The highest BCUT2D eigenvalue weighted by Gasteiger charge is 2.26. The van der Waals surface area contributed by atoms with Gasteiger partial charge in [0.15, 0.2) is 6.61 Å². The molecule has 0 fully saturated rings. The van der Waals surface area contributed by atoms with Gasteiger partial charge >= 0.3 is 11.7 Å². The topological polar surface area (TPSA) is 89.7 Å². The molecule has 1 rings (SSSR count). The van der Waals surface area contributed by atoms with Crippen LogP contribution in [0.3, 0.4) is 0 Å². The van der Waals surface area contributed by atoms with E-state index in [4.69, 9.17) is 5.11 Å². The number of hydrogen-bond donors (Lipinski definition) is 1. The number of carboxylic acids is 1. The zero-order valence-corrected chi connectivity index (χ0v) is 8.57. The van der Waals surface area contributed by atoms with E-state index < -0.39 is 46.1 Å². The highest BCUT2D eigenvalue weighted by Crippen LogP contribution is 2.33. The third-order valence-corrected chi connectivity index (χ3v) is 1.92. The molecule has 0 aliphatic heterocycles. The van der Waals surface area contributed by atoms with Gasteiger partial charge in [0.25, 0.3) is 0 Å². The fourth-order valence-electron chi connectivity index (χ4n) is 1.10. The highest BCUT2D eigenvalue weighted by molar-refractivity contribution is 5.68. The second kappa shape index (κ2) is 4.73. The molecule has 0 saturated heterocycles. The van der Waals surface area contributed by atoms with Crippen molar-refractivity contribution < 1.29 is 28.3 Å². The summed E-state index contributed by atoms with van der Waals surface area (Å²) in [7, 11) is 0. The summed E-state index contributed by atoms with van der Waals surface area (Å²) in [6.45, 7) is 0.0986. The van der Waals surface area contributed by atoms with E-state index in [0.717, 1.165) is 6.92 Å². The molecule has 0 radical (unpaired) electrons. The van der Waals surface area contributed by atoms with E-state index in [1.807, 2.05) is 0 Å². The molecule has 1 aromatic carbocycles. The first-order chi connectivity index (χ1) is 7.84. The second-order valence-electron chi connectivity index (χ2n) is 3.08. The van der Waals surface area contributed by atoms with Crippen molar-refractivity contribution in [1.29, 1.82) is 0 Å². The minimum atomic E-state index is -1.42. The first kappa shape index (κ1) is 12.8. The molecule has 0 unspecified atom stereocenters. The van der Waals surface area contributed by atoms with E-state index in [-0.39, 0.29) is 0 Å². The van der Waals surface area contributed by atoms with Crippen molar-refractivity contribution in [2.45, 2.75) is 6.92 Å². The molecular weight excluding hydrogens is 240 g/mol. The van der Waals surface area contributed by atoms with Gasteiger partial charge < -0.3 is 9.84 Å². The molecule has 0 bridgehead atoms. The Morgan fingerprint density at radius 2 is 2.18 bits per heavy atom. The van der Waals surface area contributed by atoms with Gasteiger partial charge in [0, 0.05) is 11.6 Å². The predicted octanol–water partition coefficient (Wildman–Crippen LogP) is 1.64. The monoisotopic (exact) mass is 247 g/mol. The molecule has 0 atom stereocenters. The molecular formula is C9H7F2NO5. The van der Waals surface area contributed by atoms with Gasteiger partial charge in [-0.1, -0.05) is 0 Å². The van der Waals surface area contributed by atoms with Crippen LogP contribution in [0.25, 0.3) is 0 Å². The summed E-state index contributed by atoms with van der Waals surface area (Å²) in [5.74, 6) is -4.59. The van der Waals surface area contributed by atoms with Crippen LogP contribution in [0.2, 0.25) is 0 Å².